The zero-order chi connectivity index (χ0) is 17.9. The molecule has 0 radical (unpaired) electrons. The Morgan fingerprint density at radius 3 is 2.23 bits per heavy atom. The van der Waals surface area contributed by atoms with Gasteiger partial charge in [0.05, 0.1) is 5.41 Å². The molecule has 0 heterocycles. The monoisotopic (exact) mass is 352 g/mol. The van der Waals surface area contributed by atoms with E-state index in [1.165, 1.54) is 30.4 Å². The zero-order valence-electron chi connectivity index (χ0n) is 15.5. The van der Waals surface area contributed by atoms with Crippen LogP contribution in [0.4, 0.5) is 0 Å². The van der Waals surface area contributed by atoms with Gasteiger partial charge in [0.2, 0.25) is 11.8 Å². The summed E-state index contributed by atoms with van der Waals surface area (Å²) >= 11 is 0. The Hall–Kier alpha value is -1.84. The Labute approximate surface area is 155 Å². The smallest absolute Gasteiger partial charge is 0.244 e. The van der Waals surface area contributed by atoms with Crippen LogP contribution in [0, 0.1) is 30.1 Å². The number of carbonyl (C=O) groups excluding carboxylic acids is 2. The Bertz CT molecular complexity index is 736. The van der Waals surface area contributed by atoms with Crippen LogP contribution in [-0.2, 0) is 15.0 Å². The summed E-state index contributed by atoms with van der Waals surface area (Å²) in [5.41, 5.74) is 8.04. The number of hydrazine groups is 1. The number of rotatable bonds is 3. The summed E-state index contributed by atoms with van der Waals surface area (Å²) in [7, 11) is 0. The summed E-state index contributed by atoms with van der Waals surface area (Å²) in [5, 5.41) is 0. The normalized spacial score (nSPS) is 37.4. The van der Waals surface area contributed by atoms with E-state index in [4.69, 9.17) is 0 Å². The van der Waals surface area contributed by atoms with Crippen LogP contribution in [0.2, 0.25) is 0 Å². The molecular weight excluding hydrogens is 324 g/mol. The van der Waals surface area contributed by atoms with Crippen LogP contribution in [0.5, 0.6) is 0 Å². The van der Waals surface area contributed by atoms with Crippen molar-refractivity contribution < 1.29 is 9.59 Å². The molecule has 0 spiro atoms. The first-order chi connectivity index (χ1) is 12.5. The van der Waals surface area contributed by atoms with Crippen molar-refractivity contribution in [3.05, 3.63) is 35.4 Å². The maximum Gasteiger partial charge on any atom is 0.244 e. The highest BCUT2D eigenvalue weighted by Crippen LogP contribution is 2.65. The van der Waals surface area contributed by atoms with Crippen molar-refractivity contribution in [2.75, 3.05) is 0 Å². The average molecular weight is 352 g/mol. The zero-order valence-corrected chi connectivity index (χ0v) is 15.5. The Morgan fingerprint density at radius 2 is 1.62 bits per heavy atom. The molecule has 1 aromatic rings. The van der Waals surface area contributed by atoms with E-state index in [0.717, 1.165) is 32.1 Å². The quantitative estimate of drug-likeness (QED) is 0.819. The lowest BCUT2D eigenvalue weighted by Gasteiger charge is -2.61. The number of hydrogen-bond donors (Lipinski definition) is 2. The van der Waals surface area contributed by atoms with Crippen molar-refractivity contribution in [2.24, 2.45) is 23.2 Å². The Balaban J connectivity index is 1.40. The number of nitrogens with one attached hydrogen (secondary N) is 2. The van der Waals surface area contributed by atoms with Crippen LogP contribution in [0.3, 0.4) is 0 Å². The van der Waals surface area contributed by atoms with E-state index < -0.39 is 0 Å². The number of aryl methyl sites for hydroxylation is 1. The number of hydrogen-bond acceptors (Lipinski definition) is 2. The molecule has 5 fully saturated rings. The molecule has 5 saturated carbocycles. The van der Waals surface area contributed by atoms with Gasteiger partial charge in [-0.05, 0) is 81.1 Å². The number of benzene rings is 1. The van der Waals surface area contributed by atoms with E-state index in [-0.39, 0.29) is 28.6 Å². The topological polar surface area (TPSA) is 58.2 Å². The van der Waals surface area contributed by atoms with Gasteiger partial charge in [0.1, 0.15) is 0 Å². The fourth-order valence-electron chi connectivity index (χ4n) is 6.47. The standard InChI is InChI=1S/C22H28N2O2/c1-14-2-6-18(7-3-14)21-9-15-8-16(10-21)12-22(11-15,13-21)20(26)24-23-19(25)17-4-5-17/h2-3,6-7,15-17H,4-5,8-13H2,1H3,(H,23,25)(H,24,26). The summed E-state index contributed by atoms with van der Waals surface area (Å²) in [5.74, 6) is 1.43. The molecule has 2 unspecified atom stereocenters. The molecule has 2 atom stereocenters. The SMILES string of the molecule is Cc1ccc(C23CC4CC(CC(C(=O)NNC(=O)C5CC5)(C4)C2)C3)cc1. The van der Waals surface area contributed by atoms with Crippen molar-refractivity contribution in [1.82, 2.24) is 10.9 Å². The molecule has 4 heteroatoms. The summed E-state index contributed by atoms with van der Waals surface area (Å²) in [6, 6.07) is 8.97. The lowest BCUT2D eigenvalue weighted by atomic mass is 9.42. The molecule has 2 amide bonds. The van der Waals surface area contributed by atoms with Gasteiger partial charge in [0.25, 0.3) is 0 Å². The average Bonchev–Trinajstić information content (AvgIpc) is 3.44. The molecule has 138 valence electrons. The molecule has 26 heavy (non-hydrogen) atoms. The minimum Gasteiger partial charge on any atom is -0.273 e. The van der Waals surface area contributed by atoms with Crippen LogP contribution in [0.15, 0.2) is 24.3 Å². The third kappa shape index (κ3) is 2.57. The Morgan fingerprint density at radius 1 is 0.962 bits per heavy atom. The molecule has 2 N–H and O–H groups in total. The van der Waals surface area contributed by atoms with Crippen LogP contribution in [0.1, 0.15) is 62.5 Å². The first-order valence-electron chi connectivity index (χ1n) is 10.2. The summed E-state index contributed by atoms with van der Waals surface area (Å²) in [6.07, 6.45) is 8.52. The van der Waals surface area contributed by atoms with E-state index >= 15 is 0 Å². The van der Waals surface area contributed by atoms with Gasteiger partial charge in [0, 0.05) is 5.92 Å². The van der Waals surface area contributed by atoms with Gasteiger partial charge < -0.3 is 0 Å². The predicted octanol–water partition coefficient (Wildman–Crippen LogP) is 3.39. The molecule has 5 aliphatic carbocycles. The van der Waals surface area contributed by atoms with Crippen LogP contribution < -0.4 is 10.9 Å². The van der Waals surface area contributed by atoms with Crippen LogP contribution >= 0.6 is 0 Å². The van der Waals surface area contributed by atoms with Gasteiger partial charge in [-0.1, -0.05) is 29.8 Å². The fraction of sp³-hybridized carbons (Fsp3) is 0.636. The fourth-order valence-corrected chi connectivity index (χ4v) is 6.47. The van der Waals surface area contributed by atoms with Crippen molar-refractivity contribution >= 4 is 11.8 Å². The predicted molar refractivity (Wildman–Crippen MR) is 99.0 cm³/mol. The second-order valence-corrected chi connectivity index (χ2v) is 9.61. The number of carbonyl (C=O) groups is 2. The second kappa shape index (κ2) is 5.58. The minimum absolute atomic E-state index is 0.0173. The molecule has 0 aromatic heterocycles. The van der Waals surface area contributed by atoms with Crippen molar-refractivity contribution in [3.8, 4) is 0 Å². The highest BCUT2D eigenvalue weighted by atomic mass is 16.2. The lowest BCUT2D eigenvalue weighted by molar-refractivity contribution is -0.151. The lowest BCUT2D eigenvalue weighted by Crippen LogP contribution is -2.61. The van der Waals surface area contributed by atoms with Crippen LogP contribution in [-0.4, -0.2) is 11.8 Å². The van der Waals surface area contributed by atoms with Gasteiger partial charge in [-0.15, -0.1) is 0 Å². The van der Waals surface area contributed by atoms with E-state index in [1.807, 2.05) is 0 Å². The third-order valence-corrected chi connectivity index (χ3v) is 7.45. The molecular formula is C22H28N2O2. The number of amides is 2. The molecule has 5 aliphatic rings. The molecule has 1 aromatic carbocycles. The molecule has 6 rings (SSSR count). The van der Waals surface area contributed by atoms with Crippen molar-refractivity contribution in [1.29, 1.82) is 0 Å². The highest BCUT2D eigenvalue weighted by molar-refractivity contribution is 5.87. The van der Waals surface area contributed by atoms with Gasteiger partial charge >= 0.3 is 0 Å². The maximum absolute atomic E-state index is 13.1. The summed E-state index contributed by atoms with van der Waals surface area (Å²) in [6.45, 7) is 2.13. The molecule has 4 bridgehead atoms. The largest absolute Gasteiger partial charge is 0.273 e. The van der Waals surface area contributed by atoms with Gasteiger partial charge in [-0.25, -0.2) is 0 Å². The first-order valence-corrected chi connectivity index (χ1v) is 10.2. The minimum atomic E-state index is -0.300. The summed E-state index contributed by atoms with van der Waals surface area (Å²) in [4.78, 5) is 25.1. The maximum atomic E-state index is 13.1. The van der Waals surface area contributed by atoms with Gasteiger partial charge in [-0.2, -0.15) is 0 Å². The molecule has 4 nitrogen and oxygen atoms in total. The van der Waals surface area contributed by atoms with E-state index in [9.17, 15) is 9.59 Å². The second-order valence-electron chi connectivity index (χ2n) is 9.61. The van der Waals surface area contributed by atoms with E-state index in [1.54, 1.807) is 0 Å². The third-order valence-electron chi connectivity index (χ3n) is 7.45. The van der Waals surface area contributed by atoms with E-state index in [0.29, 0.717) is 11.8 Å². The first kappa shape index (κ1) is 16.3. The molecule has 0 saturated heterocycles. The van der Waals surface area contributed by atoms with Gasteiger partial charge in [0.15, 0.2) is 0 Å². The van der Waals surface area contributed by atoms with Crippen molar-refractivity contribution in [3.63, 3.8) is 0 Å². The summed E-state index contributed by atoms with van der Waals surface area (Å²) < 4.78 is 0. The highest BCUT2D eigenvalue weighted by Gasteiger charge is 2.61. The Kier molecular flexibility index (Phi) is 3.51. The molecule has 0 aliphatic heterocycles. The van der Waals surface area contributed by atoms with Crippen LogP contribution in [0.25, 0.3) is 0 Å². The van der Waals surface area contributed by atoms with Crippen molar-refractivity contribution in [2.45, 2.75) is 63.7 Å². The van der Waals surface area contributed by atoms with E-state index in [2.05, 4.69) is 42.0 Å². The van der Waals surface area contributed by atoms with Gasteiger partial charge in [-0.3, -0.25) is 20.4 Å².